The normalized spacial score (nSPS) is 11.9. The van der Waals surface area contributed by atoms with E-state index in [0.29, 0.717) is 24.6 Å². The maximum atomic E-state index is 13.1. The number of halogens is 4. The third-order valence-corrected chi connectivity index (χ3v) is 2.38. The fraction of sp³-hybridized carbons (Fsp3) is 0.615. The zero-order chi connectivity index (χ0) is 15.2. The molecular formula is C13H18F4N2O. The Kier molecular flexibility index (Phi) is 6.19. The van der Waals surface area contributed by atoms with E-state index in [-0.39, 0.29) is 5.88 Å². The summed E-state index contributed by atoms with van der Waals surface area (Å²) in [5.41, 5.74) is 0.410. The maximum Gasteiger partial charge on any atom is 0.392 e. The van der Waals surface area contributed by atoms with Crippen LogP contribution in [0.4, 0.5) is 17.6 Å². The summed E-state index contributed by atoms with van der Waals surface area (Å²) in [6.07, 6.45) is -4.42. The van der Waals surface area contributed by atoms with Crippen LogP contribution >= 0.6 is 0 Å². The Balaban J connectivity index is 2.60. The minimum atomic E-state index is -4.28. The second-order valence-electron chi connectivity index (χ2n) is 4.86. The highest BCUT2D eigenvalue weighted by Crippen LogP contribution is 2.21. The number of hydrogen-bond acceptors (Lipinski definition) is 3. The summed E-state index contributed by atoms with van der Waals surface area (Å²) in [4.78, 5) is 3.69. The first-order valence-electron chi connectivity index (χ1n) is 6.32. The number of aromatic nitrogens is 1. The van der Waals surface area contributed by atoms with E-state index in [4.69, 9.17) is 4.74 Å². The van der Waals surface area contributed by atoms with Crippen LogP contribution in [0.5, 0.6) is 5.88 Å². The summed E-state index contributed by atoms with van der Waals surface area (Å²) >= 11 is 0. The van der Waals surface area contributed by atoms with Crippen molar-refractivity contribution in [2.75, 3.05) is 13.2 Å². The predicted molar refractivity (Wildman–Crippen MR) is 66.9 cm³/mol. The maximum absolute atomic E-state index is 13.1. The van der Waals surface area contributed by atoms with Gasteiger partial charge in [0.2, 0.25) is 5.88 Å². The van der Waals surface area contributed by atoms with Crippen molar-refractivity contribution in [2.45, 2.75) is 33.0 Å². The molecule has 0 amide bonds. The lowest BCUT2D eigenvalue weighted by Crippen LogP contribution is -2.20. The van der Waals surface area contributed by atoms with Gasteiger partial charge in [-0.05, 0) is 18.5 Å². The van der Waals surface area contributed by atoms with Crippen molar-refractivity contribution in [3.05, 3.63) is 23.6 Å². The molecule has 0 atom stereocenters. The number of nitrogens with one attached hydrogen (secondary N) is 1. The monoisotopic (exact) mass is 294 g/mol. The van der Waals surface area contributed by atoms with Crippen molar-refractivity contribution in [3.63, 3.8) is 0 Å². The highest BCUT2D eigenvalue weighted by molar-refractivity contribution is 5.26. The molecule has 0 aromatic carbocycles. The van der Waals surface area contributed by atoms with Gasteiger partial charge in [-0.2, -0.15) is 13.2 Å². The van der Waals surface area contributed by atoms with Gasteiger partial charge in [-0.1, -0.05) is 13.8 Å². The smallest absolute Gasteiger partial charge is 0.392 e. The van der Waals surface area contributed by atoms with Crippen LogP contribution in [-0.2, 0) is 6.54 Å². The van der Waals surface area contributed by atoms with Gasteiger partial charge in [0.1, 0.15) is 5.82 Å². The van der Waals surface area contributed by atoms with E-state index in [2.05, 4.69) is 10.3 Å². The van der Waals surface area contributed by atoms with E-state index in [1.807, 2.05) is 13.8 Å². The van der Waals surface area contributed by atoms with Gasteiger partial charge in [0, 0.05) is 12.1 Å². The molecule has 0 saturated carbocycles. The molecule has 20 heavy (non-hydrogen) atoms. The lowest BCUT2D eigenvalue weighted by molar-refractivity contribution is -0.139. The summed E-state index contributed by atoms with van der Waals surface area (Å²) in [6, 6.07) is 1.21. The molecular weight excluding hydrogens is 276 g/mol. The molecule has 3 nitrogen and oxygen atoms in total. The summed E-state index contributed by atoms with van der Waals surface area (Å²) in [5.74, 6) is -0.104. The number of pyridine rings is 1. The van der Waals surface area contributed by atoms with Crippen molar-refractivity contribution < 1.29 is 22.3 Å². The first kappa shape index (κ1) is 16.7. The molecule has 1 aromatic rings. The Morgan fingerprint density at radius 2 is 2.05 bits per heavy atom. The Bertz CT molecular complexity index is 421. The Hall–Kier alpha value is -1.37. The highest BCUT2D eigenvalue weighted by Gasteiger charge is 2.27. The van der Waals surface area contributed by atoms with Gasteiger partial charge in [0.25, 0.3) is 0 Å². The quantitative estimate of drug-likeness (QED) is 0.784. The van der Waals surface area contributed by atoms with Gasteiger partial charge < -0.3 is 10.1 Å². The molecule has 0 unspecified atom stereocenters. The zero-order valence-electron chi connectivity index (χ0n) is 11.4. The van der Waals surface area contributed by atoms with Gasteiger partial charge in [-0.3, -0.25) is 0 Å². The average molecular weight is 294 g/mol. The van der Waals surface area contributed by atoms with Gasteiger partial charge in [0.15, 0.2) is 0 Å². The van der Waals surface area contributed by atoms with Crippen LogP contribution < -0.4 is 10.1 Å². The van der Waals surface area contributed by atoms with Gasteiger partial charge >= 0.3 is 6.18 Å². The van der Waals surface area contributed by atoms with Crippen LogP contribution in [0.15, 0.2) is 12.3 Å². The van der Waals surface area contributed by atoms with E-state index in [1.165, 1.54) is 6.07 Å². The summed E-state index contributed by atoms with van der Waals surface area (Å²) in [5, 5.41) is 3.07. The molecule has 0 fully saturated rings. The molecule has 7 heteroatoms. The predicted octanol–water partition coefficient (Wildman–Crippen LogP) is 3.30. The largest absolute Gasteiger partial charge is 0.477 e. The third kappa shape index (κ3) is 6.70. The van der Waals surface area contributed by atoms with Crippen LogP contribution in [-0.4, -0.2) is 24.3 Å². The van der Waals surface area contributed by atoms with E-state index < -0.39 is 25.0 Å². The second-order valence-corrected chi connectivity index (χ2v) is 4.86. The van der Waals surface area contributed by atoms with Crippen LogP contribution in [0.25, 0.3) is 0 Å². The molecule has 0 aliphatic carbocycles. The van der Waals surface area contributed by atoms with E-state index in [9.17, 15) is 17.6 Å². The van der Waals surface area contributed by atoms with Crippen molar-refractivity contribution in [1.82, 2.24) is 10.3 Å². The molecule has 1 N–H and O–H groups in total. The lowest BCUT2D eigenvalue weighted by atomic mass is 10.2. The third-order valence-electron chi connectivity index (χ3n) is 2.38. The number of nitrogens with zero attached hydrogens (tertiary/aromatic N) is 1. The van der Waals surface area contributed by atoms with Crippen LogP contribution in [0, 0.1) is 11.7 Å². The molecule has 0 spiro atoms. The first-order chi connectivity index (χ1) is 9.28. The van der Waals surface area contributed by atoms with Crippen LogP contribution in [0.1, 0.15) is 25.8 Å². The molecule has 0 aliphatic rings. The fourth-order valence-electron chi connectivity index (χ4n) is 1.48. The first-order valence-corrected chi connectivity index (χ1v) is 6.32. The minimum Gasteiger partial charge on any atom is -0.477 e. The van der Waals surface area contributed by atoms with Crippen molar-refractivity contribution in [3.8, 4) is 5.88 Å². The molecule has 114 valence electrons. The Morgan fingerprint density at radius 1 is 1.35 bits per heavy atom. The summed E-state index contributed by atoms with van der Waals surface area (Å²) in [7, 11) is 0. The fourth-order valence-corrected chi connectivity index (χ4v) is 1.48. The molecule has 0 radical (unpaired) electrons. The zero-order valence-corrected chi connectivity index (χ0v) is 11.4. The highest BCUT2D eigenvalue weighted by atomic mass is 19.4. The molecule has 1 aromatic heterocycles. The molecule has 0 bridgehead atoms. The van der Waals surface area contributed by atoms with E-state index >= 15 is 0 Å². The lowest BCUT2D eigenvalue weighted by Gasteiger charge is -2.13. The minimum absolute atomic E-state index is 0.0342. The summed E-state index contributed by atoms with van der Waals surface area (Å²) < 4.78 is 54.2. The molecule has 0 saturated heterocycles. The van der Waals surface area contributed by atoms with Crippen LogP contribution in [0.2, 0.25) is 0 Å². The van der Waals surface area contributed by atoms with Crippen molar-refractivity contribution >= 4 is 0 Å². The number of rotatable bonds is 7. The van der Waals surface area contributed by atoms with Crippen LogP contribution in [0.3, 0.4) is 0 Å². The van der Waals surface area contributed by atoms with E-state index in [0.717, 1.165) is 6.20 Å². The molecule has 1 rings (SSSR count). The number of hydrogen-bond donors (Lipinski definition) is 1. The van der Waals surface area contributed by atoms with Crippen molar-refractivity contribution in [2.24, 2.45) is 5.92 Å². The summed E-state index contributed by atoms with van der Waals surface area (Å²) in [6.45, 7) is 4.50. The molecule has 0 aliphatic heterocycles. The SMILES string of the molecule is CC(C)CNCc1cc(F)cnc1OCCC(F)(F)F. The Morgan fingerprint density at radius 3 is 2.65 bits per heavy atom. The molecule has 1 heterocycles. The Labute approximate surface area is 115 Å². The van der Waals surface area contributed by atoms with E-state index in [1.54, 1.807) is 0 Å². The topological polar surface area (TPSA) is 34.2 Å². The average Bonchev–Trinajstić information content (AvgIpc) is 2.30. The number of alkyl halides is 3. The van der Waals surface area contributed by atoms with Crippen molar-refractivity contribution in [1.29, 1.82) is 0 Å². The van der Waals surface area contributed by atoms with Gasteiger partial charge in [-0.15, -0.1) is 0 Å². The van der Waals surface area contributed by atoms with Gasteiger partial charge in [-0.25, -0.2) is 9.37 Å². The van der Waals surface area contributed by atoms with Gasteiger partial charge in [0.05, 0.1) is 19.2 Å². The second kappa shape index (κ2) is 7.42. The number of ether oxygens (including phenoxy) is 1. The standard InChI is InChI=1S/C13H18F4N2O/c1-9(2)6-18-7-10-5-11(14)8-19-12(10)20-4-3-13(15,16)17/h5,8-9,18H,3-4,6-7H2,1-2H3.